The molecule has 6 aromatic rings. The van der Waals surface area contributed by atoms with Gasteiger partial charge in [-0.3, -0.25) is 0 Å². The maximum absolute atomic E-state index is 6.54. The topological polar surface area (TPSA) is 39.2 Å². The Bertz CT molecular complexity index is 1540. The van der Waals surface area contributed by atoms with Gasteiger partial charge in [-0.25, -0.2) is 0 Å². The van der Waals surface area contributed by atoms with E-state index >= 15 is 0 Å². The largest absolute Gasteiger partial charge is 0.455 e. The fourth-order valence-electron chi connectivity index (χ4n) is 4.41. The van der Waals surface area contributed by atoms with Gasteiger partial charge in [0.05, 0.1) is 0 Å². The third-order valence-corrected chi connectivity index (χ3v) is 6.05. The lowest BCUT2D eigenvalue weighted by Gasteiger charge is -2.06. The van der Waals surface area contributed by atoms with Crippen LogP contribution < -0.4 is 5.73 Å². The SMILES string of the molecule is Nc1ccc(-c2cccc3c2oc2c(-c4ccc(-c5ccccc5)cc4)cccc23)cc1. The summed E-state index contributed by atoms with van der Waals surface area (Å²) in [5.74, 6) is 0. The van der Waals surface area contributed by atoms with Crippen LogP contribution in [0.2, 0.25) is 0 Å². The van der Waals surface area contributed by atoms with Crippen LogP contribution in [0.15, 0.2) is 120 Å². The first-order chi connectivity index (χ1) is 15.8. The standard InChI is InChI=1S/C30H21NO/c31-24-18-16-23(17-19-24)26-9-5-11-28-27-10-4-8-25(29(27)32-30(26)28)22-14-12-21(13-15-22)20-6-2-1-3-7-20/h1-19H,31H2. The molecule has 0 unspecified atom stereocenters. The summed E-state index contributed by atoms with van der Waals surface area (Å²) in [7, 11) is 0. The van der Waals surface area contributed by atoms with Crippen LogP contribution in [0.25, 0.3) is 55.3 Å². The lowest BCUT2D eigenvalue weighted by Crippen LogP contribution is -1.84. The Morgan fingerprint density at radius 1 is 0.406 bits per heavy atom. The van der Waals surface area contributed by atoms with Gasteiger partial charge >= 0.3 is 0 Å². The Hall–Kier alpha value is -4.30. The van der Waals surface area contributed by atoms with E-state index in [2.05, 4.69) is 84.9 Å². The molecule has 0 bridgehead atoms. The molecule has 0 saturated heterocycles. The normalized spacial score (nSPS) is 11.2. The van der Waals surface area contributed by atoms with Crippen molar-refractivity contribution >= 4 is 27.6 Å². The number of rotatable bonds is 3. The van der Waals surface area contributed by atoms with E-state index in [-0.39, 0.29) is 0 Å². The van der Waals surface area contributed by atoms with Crippen LogP contribution in [-0.2, 0) is 0 Å². The second-order valence-corrected chi connectivity index (χ2v) is 8.03. The van der Waals surface area contributed by atoms with Gasteiger partial charge in [0.1, 0.15) is 11.2 Å². The predicted molar refractivity (Wildman–Crippen MR) is 134 cm³/mol. The highest BCUT2D eigenvalue weighted by atomic mass is 16.3. The molecule has 0 fully saturated rings. The van der Waals surface area contributed by atoms with Crippen LogP contribution in [0.5, 0.6) is 0 Å². The van der Waals surface area contributed by atoms with E-state index in [1.54, 1.807) is 0 Å². The van der Waals surface area contributed by atoms with E-state index in [1.807, 2.05) is 30.3 Å². The van der Waals surface area contributed by atoms with Crippen molar-refractivity contribution in [2.45, 2.75) is 0 Å². The van der Waals surface area contributed by atoms with Crippen molar-refractivity contribution in [1.29, 1.82) is 0 Å². The Labute approximate surface area is 186 Å². The minimum Gasteiger partial charge on any atom is -0.455 e. The van der Waals surface area contributed by atoms with Crippen LogP contribution in [0.4, 0.5) is 5.69 Å². The van der Waals surface area contributed by atoms with Crippen LogP contribution in [0.3, 0.4) is 0 Å². The molecule has 152 valence electrons. The number of hydrogen-bond acceptors (Lipinski definition) is 2. The molecule has 0 aliphatic carbocycles. The van der Waals surface area contributed by atoms with Gasteiger partial charge in [0.2, 0.25) is 0 Å². The number of furan rings is 1. The summed E-state index contributed by atoms with van der Waals surface area (Å²) in [5, 5.41) is 2.25. The summed E-state index contributed by atoms with van der Waals surface area (Å²) in [6, 6.07) is 39.8. The highest BCUT2D eigenvalue weighted by molar-refractivity contribution is 6.13. The zero-order chi connectivity index (χ0) is 21.5. The lowest BCUT2D eigenvalue weighted by atomic mass is 9.98. The summed E-state index contributed by atoms with van der Waals surface area (Å²) in [4.78, 5) is 0. The first kappa shape index (κ1) is 18.5. The summed E-state index contributed by atoms with van der Waals surface area (Å²) >= 11 is 0. The second kappa shape index (κ2) is 7.44. The maximum Gasteiger partial charge on any atom is 0.143 e. The first-order valence-electron chi connectivity index (χ1n) is 10.7. The Balaban J connectivity index is 1.51. The van der Waals surface area contributed by atoms with Crippen molar-refractivity contribution in [3.05, 3.63) is 115 Å². The first-order valence-corrected chi connectivity index (χ1v) is 10.7. The molecule has 2 heteroatoms. The van der Waals surface area contributed by atoms with Gasteiger partial charge in [-0.15, -0.1) is 0 Å². The Kier molecular flexibility index (Phi) is 4.29. The third-order valence-electron chi connectivity index (χ3n) is 6.05. The van der Waals surface area contributed by atoms with Crippen molar-refractivity contribution in [3.8, 4) is 33.4 Å². The fourth-order valence-corrected chi connectivity index (χ4v) is 4.41. The molecule has 1 heterocycles. The molecule has 0 saturated carbocycles. The van der Waals surface area contributed by atoms with Crippen molar-refractivity contribution in [3.63, 3.8) is 0 Å². The van der Waals surface area contributed by atoms with E-state index in [0.717, 1.165) is 49.9 Å². The van der Waals surface area contributed by atoms with Crippen molar-refractivity contribution in [2.75, 3.05) is 5.73 Å². The Morgan fingerprint density at radius 3 is 1.44 bits per heavy atom. The summed E-state index contributed by atoms with van der Waals surface area (Å²) < 4.78 is 6.54. The van der Waals surface area contributed by atoms with E-state index in [1.165, 1.54) is 11.1 Å². The molecule has 0 aliphatic heterocycles. The third kappa shape index (κ3) is 3.05. The van der Waals surface area contributed by atoms with Gasteiger partial charge in [0.15, 0.2) is 0 Å². The number of nitrogens with two attached hydrogens (primary N) is 1. The van der Waals surface area contributed by atoms with E-state index < -0.39 is 0 Å². The fraction of sp³-hybridized carbons (Fsp3) is 0. The van der Waals surface area contributed by atoms with Gasteiger partial charge in [-0.2, -0.15) is 0 Å². The van der Waals surface area contributed by atoms with Crippen LogP contribution >= 0.6 is 0 Å². The number of anilines is 1. The molecule has 5 aromatic carbocycles. The monoisotopic (exact) mass is 411 g/mol. The van der Waals surface area contributed by atoms with Crippen molar-refractivity contribution < 1.29 is 4.42 Å². The Morgan fingerprint density at radius 2 is 0.875 bits per heavy atom. The van der Waals surface area contributed by atoms with Gasteiger partial charge in [0.25, 0.3) is 0 Å². The highest BCUT2D eigenvalue weighted by Gasteiger charge is 2.15. The molecule has 0 amide bonds. The molecular formula is C30H21NO. The number of benzene rings is 5. The zero-order valence-electron chi connectivity index (χ0n) is 17.5. The molecule has 1 aromatic heterocycles. The molecule has 0 spiro atoms. The molecule has 0 aliphatic rings. The lowest BCUT2D eigenvalue weighted by molar-refractivity contribution is 0.671. The van der Waals surface area contributed by atoms with Gasteiger partial charge in [0, 0.05) is 27.6 Å². The summed E-state index contributed by atoms with van der Waals surface area (Å²) in [6.07, 6.45) is 0. The molecule has 0 atom stereocenters. The number of fused-ring (bicyclic) bond motifs is 3. The second-order valence-electron chi connectivity index (χ2n) is 8.03. The minimum atomic E-state index is 0.756. The summed E-state index contributed by atoms with van der Waals surface area (Å²) in [6.45, 7) is 0. The number of hydrogen-bond donors (Lipinski definition) is 1. The molecule has 6 rings (SSSR count). The molecule has 2 nitrogen and oxygen atoms in total. The van der Waals surface area contributed by atoms with E-state index in [0.29, 0.717) is 0 Å². The maximum atomic E-state index is 6.54. The van der Waals surface area contributed by atoms with Crippen LogP contribution in [0, 0.1) is 0 Å². The molecule has 2 N–H and O–H groups in total. The number of para-hydroxylation sites is 2. The molecular weight excluding hydrogens is 390 g/mol. The van der Waals surface area contributed by atoms with Crippen LogP contribution in [-0.4, -0.2) is 0 Å². The highest BCUT2D eigenvalue weighted by Crippen LogP contribution is 2.40. The van der Waals surface area contributed by atoms with Crippen molar-refractivity contribution in [2.24, 2.45) is 0 Å². The molecule has 0 radical (unpaired) electrons. The number of nitrogen functional groups attached to an aromatic ring is 1. The van der Waals surface area contributed by atoms with E-state index in [9.17, 15) is 0 Å². The quantitative estimate of drug-likeness (QED) is 0.298. The predicted octanol–water partition coefficient (Wildman–Crippen LogP) is 8.17. The van der Waals surface area contributed by atoms with Gasteiger partial charge in [-0.05, 0) is 34.4 Å². The summed E-state index contributed by atoms with van der Waals surface area (Å²) in [5.41, 5.74) is 15.3. The molecule has 32 heavy (non-hydrogen) atoms. The average Bonchev–Trinajstić information content (AvgIpc) is 3.24. The zero-order valence-corrected chi connectivity index (χ0v) is 17.5. The smallest absolute Gasteiger partial charge is 0.143 e. The van der Waals surface area contributed by atoms with Gasteiger partial charge < -0.3 is 10.2 Å². The van der Waals surface area contributed by atoms with E-state index in [4.69, 9.17) is 10.2 Å². The van der Waals surface area contributed by atoms with Crippen molar-refractivity contribution in [1.82, 2.24) is 0 Å². The minimum absolute atomic E-state index is 0.756. The van der Waals surface area contributed by atoms with Crippen LogP contribution in [0.1, 0.15) is 0 Å². The van der Waals surface area contributed by atoms with Gasteiger partial charge in [-0.1, -0.05) is 103 Å². The average molecular weight is 412 g/mol.